The lowest BCUT2D eigenvalue weighted by Gasteiger charge is -2.21. The molecule has 0 saturated carbocycles. The number of hydrogen-bond donors (Lipinski definition) is 0. The van der Waals surface area contributed by atoms with Crippen LogP contribution in [0.5, 0.6) is 0 Å². The lowest BCUT2D eigenvalue weighted by Crippen LogP contribution is -2.37. The van der Waals surface area contributed by atoms with E-state index < -0.39 is 4.83 Å². The number of ketones is 1. The zero-order valence-electron chi connectivity index (χ0n) is 9.03. The van der Waals surface area contributed by atoms with E-state index in [4.69, 9.17) is 11.6 Å². The fraction of sp³-hybridized carbons (Fsp3) is 0.333. The van der Waals surface area contributed by atoms with E-state index in [0.29, 0.717) is 24.4 Å². The van der Waals surface area contributed by atoms with Gasteiger partial charge in [0.2, 0.25) is 5.91 Å². The summed E-state index contributed by atoms with van der Waals surface area (Å²) in [5.41, 5.74) is 0.738. The Bertz CT molecular complexity index is 464. The van der Waals surface area contributed by atoms with Crippen LogP contribution in [0, 0.1) is 0 Å². The van der Waals surface area contributed by atoms with Crippen LogP contribution in [0.1, 0.15) is 12.8 Å². The molecule has 3 nitrogen and oxygen atoms in total. The summed E-state index contributed by atoms with van der Waals surface area (Å²) >= 11 is 9.05. The van der Waals surface area contributed by atoms with Gasteiger partial charge < -0.3 is 4.90 Å². The normalized spacial score (nSPS) is 21.5. The van der Waals surface area contributed by atoms with Gasteiger partial charge in [0.15, 0.2) is 10.6 Å². The largest absolute Gasteiger partial charge is 0.311 e. The van der Waals surface area contributed by atoms with Crippen LogP contribution in [0.25, 0.3) is 0 Å². The van der Waals surface area contributed by atoms with Crippen LogP contribution in [0.4, 0.5) is 5.69 Å². The summed E-state index contributed by atoms with van der Waals surface area (Å²) in [5, 5.41) is 0.581. The van der Waals surface area contributed by atoms with E-state index in [0.717, 1.165) is 5.69 Å². The van der Waals surface area contributed by atoms with Gasteiger partial charge in [0.05, 0.1) is 0 Å². The zero-order valence-corrected chi connectivity index (χ0v) is 11.4. The van der Waals surface area contributed by atoms with Gasteiger partial charge in [-0.25, -0.2) is 0 Å². The van der Waals surface area contributed by atoms with Gasteiger partial charge >= 0.3 is 0 Å². The summed E-state index contributed by atoms with van der Waals surface area (Å²) in [4.78, 5) is 24.5. The molecule has 0 bridgehead atoms. The topological polar surface area (TPSA) is 37.4 Å². The molecule has 0 aromatic heterocycles. The highest BCUT2D eigenvalue weighted by molar-refractivity contribution is 9.10. The van der Waals surface area contributed by atoms with Crippen LogP contribution in [-0.4, -0.2) is 23.1 Å². The van der Waals surface area contributed by atoms with Crippen molar-refractivity contribution >= 4 is 44.9 Å². The number of halogens is 2. The SMILES string of the molecule is O=C1CCCN(c2cccc(Cl)c2)C(=O)C1Br. The molecule has 1 unspecified atom stereocenters. The predicted molar refractivity (Wildman–Crippen MR) is 70.8 cm³/mol. The van der Waals surface area contributed by atoms with Crippen molar-refractivity contribution < 1.29 is 9.59 Å². The molecule has 0 aliphatic carbocycles. The number of Topliss-reactive ketones (excluding diaryl/α,β-unsaturated/α-hetero) is 1. The summed E-state index contributed by atoms with van der Waals surface area (Å²) in [5.74, 6) is -0.269. The summed E-state index contributed by atoms with van der Waals surface area (Å²) in [6.45, 7) is 0.549. The smallest absolute Gasteiger partial charge is 0.248 e. The highest BCUT2D eigenvalue weighted by Gasteiger charge is 2.31. The molecular weight excluding hydrogens is 305 g/mol. The predicted octanol–water partition coefficient (Wildman–Crippen LogP) is 2.80. The van der Waals surface area contributed by atoms with Crippen LogP contribution in [0.2, 0.25) is 5.02 Å². The first-order valence-electron chi connectivity index (χ1n) is 5.33. The van der Waals surface area contributed by atoms with Gasteiger partial charge in [-0.2, -0.15) is 0 Å². The molecule has 0 N–H and O–H groups in total. The summed E-state index contributed by atoms with van der Waals surface area (Å²) in [7, 11) is 0. The molecular formula is C12H11BrClNO2. The number of amides is 1. The van der Waals surface area contributed by atoms with Crippen molar-refractivity contribution in [2.45, 2.75) is 17.7 Å². The second-order valence-corrected chi connectivity index (χ2v) is 5.25. The molecule has 1 aliphatic rings. The average Bonchev–Trinajstić information content (AvgIpc) is 2.43. The lowest BCUT2D eigenvalue weighted by molar-refractivity contribution is -0.124. The number of anilines is 1. The summed E-state index contributed by atoms with van der Waals surface area (Å²) in [6, 6.07) is 7.10. The Morgan fingerprint density at radius 2 is 2.12 bits per heavy atom. The highest BCUT2D eigenvalue weighted by Crippen LogP contribution is 2.24. The molecule has 1 aromatic rings. The first-order chi connectivity index (χ1) is 8.09. The Kier molecular flexibility index (Phi) is 3.84. The number of rotatable bonds is 1. The number of alkyl halides is 1. The molecule has 0 radical (unpaired) electrons. The third-order valence-corrected chi connectivity index (χ3v) is 3.83. The number of carbonyl (C=O) groups excluding carboxylic acids is 2. The second kappa shape index (κ2) is 5.19. The minimum atomic E-state index is -0.732. The monoisotopic (exact) mass is 315 g/mol. The molecule has 1 saturated heterocycles. The summed E-state index contributed by atoms with van der Waals surface area (Å²) in [6.07, 6.45) is 1.11. The fourth-order valence-electron chi connectivity index (χ4n) is 1.82. The maximum atomic E-state index is 12.1. The Balaban J connectivity index is 2.31. The van der Waals surface area contributed by atoms with Crippen LogP contribution in [0.3, 0.4) is 0 Å². The van der Waals surface area contributed by atoms with Gasteiger partial charge in [-0.05, 0) is 24.6 Å². The van der Waals surface area contributed by atoms with Crippen molar-refractivity contribution in [3.63, 3.8) is 0 Å². The molecule has 1 aromatic carbocycles. The third-order valence-electron chi connectivity index (χ3n) is 2.69. The van der Waals surface area contributed by atoms with Gasteiger partial charge in [-0.3, -0.25) is 9.59 Å². The van der Waals surface area contributed by atoms with Crippen molar-refractivity contribution in [3.05, 3.63) is 29.3 Å². The summed E-state index contributed by atoms with van der Waals surface area (Å²) < 4.78 is 0. The molecule has 1 fully saturated rings. The number of nitrogens with zero attached hydrogens (tertiary/aromatic N) is 1. The van der Waals surface area contributed by atoms with Gasteiger partial charge in [0, 0.05) is 23.7 Å². The molecule has 1 atom stereocenters. The highest BCUT2D eigenvalue weighted by atomic mass is 79.9. The van der Waals surface area contributed by atoms with E-state index in [-0.39, 0.29) is 11.7 Å². The molecule has 1 aliphatic heterocycles. The molecule has 1 heterocycles. The number of benzene rings is 1. The second-order valence-electron chi connectivity index (χ2n) is 3.90. The van der Waals surface area contributed by atoms with E-state index in [9.17, 15) is 9.59 Å². The first-order valence-corrected chi connectivity index (χ1v) is 6.62. The Morgan fingerprint density at radius 1 is 1.35 bits per heavy atom. The number of carbonyl (C=O) groups is 2. The minimum absolute atomic E-state index is 0.0560. The van der Waals surface area contributed by atoms with E-state index in [1.165, 1.54) is 0 Å². The molecule has 1 amide bonds. The van der Waals surface area contributed by atoms with Gasteiger partial charge in [-0.15, -0.1) is 0 Å². The number of hydrogen-bond acceptors (Lipinski definition) is 2. The third kappa shape index (κ3) is 2.69. The quantitative estimate of drug-likeness (QED) is 0.590. The van der Waals surface area contributed by atoms with E-state index in [2.05, 4.69) is 15.9 Å². The van der Waals surface area contributed by atoms with Crippen molar-refractivity contribution in [1.82, 2.24) is 0 Å². The average molecular weight is 317 g/mol. The van der Waals surface area contributed by atoms with Gasteiger partial charge in [0.1, 0.15) is 0 Å². The maximum Gasteiger partial charge on any atom is 0.248 e. The standard InChI is InChI=1S/C12H11BrClNO2/c13-11-10(16)5-2-6-15(12(11)17)9-4-1-3-8(14)7-9/h1,3-4,7,11H,2,5-6H2. The van der Waals surface area contributed by atoms with Crippen molar-refractivity contribution in [2.24, 2.45) is 0 Å². The van der Waals surface area contributed by atoms with Crippen LogP contribution >= 0.6 is 27.5 Å². The van der Waals surface area contributed by atoms with Crippen LogP contribution in [0.15, 0.2) is 24.3 Å². The van der Waals surface area contributed by atoms with Gasteiger partial charge in [-0.1, -0.05) is 33.6 Å². The van der Waals surface area contributed by atoms with Crippen molar-refractivity contribution in [1.29, 1.82) is 0 Å². The van der Waals surface area contributed by atoms with Crippen LogP contribution < -0.4 is 4.90 Å². The Morgan fingerprint density at radius 3 is 2.82 bits per heavy atom. The van der Waals surface area contributed by atoms with E-state index >= 15 is 0 Å². The van der Waals surface area contributed by atoms with Gasteiger partial charge in [0.25, 0.3) is 0 Å². The maximum absolute atomic E-state index is 12.1. The fourth-order valence-corrected chi connectivity index (χ4v) is 2.48. The molecule has 2 rings (SSSR count). The van der Waals surface area contributed by atoms with E-state index in [1.54, 1.807) is 23.1 Å². The van der Waals surface area contributed by atoms with Crippen molar-refractivity contribution in [3.8, 4) is 0 Å². The van der Waals surface area contributed by atoms with Crippen LogP contribution in [-0.2, 0) is 9.59 Å². The molecule has 5 heteroatoms. The Hall–Kier alpha value is -0.870. The molecule has 0 spiro atoms. The molecule has 90 valence electrons. The minimum Gasteiger partial charge on any atom is -0.311 e. The lowest BCUT2D eigenvalue weighted by atomic mass is 10.2. The van der Waals surface area contributed by atoms with Crippen molar-refractivity contribution in [2.75, 3.05) is 11.4 Å². The molecule has 17 heavy (non-hydrogen) atoms. The first kappa shape index (κ1) is 12.6. The zero-order chi connectivity index (χ0) is 12.4. The Labute approximate surface area is 113 Å². The van der Waals surface area contributed by atoms with E-state index in [1.807, 2.05) is 6.07 Å².